The molecule has 0 radical (unpaired) electrons. The van der Waals surface area contributed by atoms with Gasteiger partial charge in [0.1, 0.15) is 11.4 Å². The van der Waals surface area contributed by atoms with E-state index in [1.165, 1.54) is 18.3 Å². The Hall–Kier alpha value is -4.39. The predicted molar refractivity (Wildman–Crippen MR) is 126 cm³/mol. The second kappa shape index (κ2) is 10.6. The van der Waals surface area contributed by atoms with Gasteiger partial charge in [-0.1, -0.05) is 30.3 Å². The van der Waals surface area contributed by atoms with E-state index in [0.717, 1.165) is 11.3 Å². The number of aromatic hydroxyl groups is 1. The van der Waals surface area contributed by atoms with Gasteiger partial charge in [0.05, 0.1) is 6.21 Å². The molecule has 3 N–H and O–H groups in total. The summed E-state index contributed by atoms with van der Waals surface area (Å²) in [6.07, 6.45) is 3.03. The van der Waals surface area contributed by atoms with Crippen LogP contribution in [0.2, 0.25) is 0 Å². The molecular weight excluding hydrogens is 404 g/mol. The van der Waals surface area contributed by atoms with E-state index >= 15 is 0 Å². The summed E-state index contributed by atoms with van der Waals surface area (Å²) in [5.41, 5.74) is 5.37. The van der Waals surface area contributed by atoms with E-state index in [-0.39, 0.29) is 11.4 Å². The molecule has 0 spiro atoms. The minimum atomic E-state index is -0.569. The molecule has 0 bridgehead atoms. The van der Waals surface area contributed by atoms with Gasteiger partial charge >= 0.3 is 0 Å². The Bertz CT molecular complexity index is 1120. The second-order valence-corrected chi connectivity index (χ2v) is 7.15. The van der Waals surface area contributed by atoms with Crippen molar-refractivity contribution in [3.8, 4) is 5.75 Å². The molecule has 162 valence electrons. The number of hydrogen-bond acceptors (Lipinski definition) is 5. The molecule has 7 nitrogen and oxygen atoms in total. The zero-order valence-corrected chi connectivity index (χ0v) is 17.8. The topological polar surface area (TPSA) is 94.0 Å². The van der Waals surface area contributed by atoms with E-state index in [1.807, 2.05) is 49.3 Å². The van der Waals surface area contributed by atoms with Crippen molar-refractivity contribution in [1.29, 1.82) is 0 Å². The molecule has 32 heavy (non-hydrogen) atoms. The summed E-state index contributed by atoms with van der Waals surface area (Å²) in [7, 11) is 3.88. The monoisotopic (exact) mass is 428 g/mol. The summed E-state index contributed by atoms with van der Waals surface area (Å²) in [5.74, 6) is -0.833. The minimum absolute atomic E-state index is 0.0549. The van der Waals surface area contributed by atoms with Gasteiger partial charge in [0.15, 0.2) is 0 Å². The molecule has 3 rings (SSSR count). The van der Waals surface area contributed by atoms with Crippen LogP contribution in [0, 0.1) is 0 Å². The van der Waals surface area contributed by atoms with Crippen LogP contribution in [0.1, 0.15) is 21.5 Å². The maximum Gasteiger partial charge on any atom is 0.287 e. The van der Waals surface area contributed by atoms with Crippen LogP contribution in [-0.2, 0) is 4.79 Å². The van der Waals surface area contributed by atoms with Crippen molar-refractivity contribution >= 4 is 29.8 Å². The van der Waals surface area contributed by atoms with E-state index in [2.05, 4.69) is 15.8 Å². The maximum absolute atomic E-state index is 12.8. The highest BCUT2D eigenvalue weighted by atomic mass is 16.3. The fourth-order valence-corrected chi connectivity index (χ4v) is 2.76. The summed E-state index contributed by atoms with van der Waals surface area (Å²) in [6, 6.07) is 22.6. The molecule has 0 unspecified atom stereocenters. The Morgan fingerprint density at radius 3 is 2.12 bits per heavy atom. The third-order valence-electron chi connectivity index (χ3n) is 4.52. The van der Waals surface area contributed by atoms with Gasteiger partial charge in [-0.15, -0.1) is 0 Å². The van der Waals surface area contributed by atoms with Crippen molar-refractivity contribution in [2.45, 2.75) is 0 Å². The lowest BCUT2D eigenvalue weighted by Gasteiger charge is -2.12. The first-order chi connectivity index (χ1) is 15.4. The summed E-state index contributed by atoms with van der Waals surface area (Å²) >= 11 is 0. The molecule has 0 heterocycles. The lowest BCUT2D eigenvalue weighted by Crippen LogP contribution is -2.32. The fraction of sp³-hybridized carbons (Fsp3) is 0.0800. The number of hydrogen-bond donors (Lipinski definition) is 3. The zero-order valence-electron chi connectivity index (χ0n) is 17.8. The third-order valence-corrected chi connectivity index (χ3v) is 4.52. The number of nitrogens with zero attached hydrogens (tertiary/aromatic N) is 2. The summed E-state index contributed by atoms with van der Waals surface area (Å²) in [4.78, 5) is 27.4. The zero-order chi connectivity index (χ0) is 22.9. The predicted octanol–water partition coefficient (Wildman–Crippen LogP) is 3.38. The lowest BCUT2D eigenvalue weighted by molar-refractivity contribution is -0.117. The highest BCUT2D eigenvalue weighted by Gasteiger charge is 2.14. The van der Waals surface area contributed by atoms with E-state index in [4.69, 9.17) is 0 Å². The molecular formula is C25H24N4O3. The van der Waals surface area contributed by atoms with Crippen LogP contribution < -0.4 is 15.6 Å². The smallest absolute Gasteiger partial charge is 0.287 e. The molecule has 2 amide bonds. The van der Waals surface area contributed by atoms with Gasteiger partial charge < -0.3 is 15.3 Å². The quantitative estimate of drug-likeness (QED) is 0.306. The molecule has 0 saturated heterocycles. The lowest BCUT2D eigenvalue weighted by atomic mass is 10.1. The van der Waals surface area contributed by atoms with E-state index < -0.39 is 11.8 Å². The average molecular weight is 428 g/mol. The van der Waals surface area contributed by atoms with Crippen molar-refractivity contribution in [2.24, 2.45) is 5.10 Å². The number of phenols is 1. The molecule has 0 aromatic heterocycles. The van der Waals surface area contributed by atoms with Crippen molar-refractivity contribution < 1.29 is 14.7 Å². The molecule has 7 heteroatoms. The second-order valence-electron chi connectivity index (χ2n) is 7.15. The minimum Gasteiger partial charge on any atom is -0.508 e. The number of hydrazone groups is 1. The molecule has 0 fully saturated rings. The van der Waals surface area contributed by atoms with Crippen LogP contribution in [0.15, 0.2) is 89.7 Å². The van der Waals surface area contributed by atoms with Crippen molar-refractivity contribution in [2.75, 3.05) is 19.0 Å². The number of anilines is 1. The first-order valence-corrected chi connectivity index (χ1v) is 9.90. The Balaban J connectivity index is 1.80. The number of rotatable bonds is 7. The van der Waals surface area contributed by atoms with E-state index in [9.17, 15) is 14.7 Å². The summed E-state index contributed by atoms with van der Waals surface area (Å²) < 4.78 is 0. The fourth-order valence-electron chi connectivity index (χ4n) is 2.76. The Morgan fingerprint density at radius 1 is 0.875 bits per heavy atom. The largest absolute Gasteiger partial charge is 0.508 e. The SMILES string of the molecule is CN(C)c1ccc(C=C(NC(=O)c2ccccc2)C(=O)N/N=C/c2ccc(O)cc2)cc1. The van der Waals surface area contributed by atoms with Gasteiger partial charge in [0, 0.05) is 25.3 Å². The highest BCUT2D eigenvalue weighted by Crippen LogP contribution is 2.15. The number of benzene rings is 3. The number of carbonyl (C=O) groups is 2. The Labute approximate surface area is 186 Å². The van der Waals surface area contributed by atoms with E-state index in [1.54, 1.807) is 42.5 Å². The number of carbonyl (C=O) groups excluding carboxylic acids is 2. The van der Waals surface area contributed by atoms with Crippen LogP contribution in [0.5, 0.6) is 5.75 Å². The van der Waals surface area contributed by atoms with Gasteiger partial charge in [-0.2, -0.15) is 5.10 Å². The average Bonchev–Trinajstić information content (AvgIpc) is 2.80. The molecule has 3 aromatic rings. The molecule has 0 aliphatic carbocycles. The standard InChI is InChI=1S/C25H24N4O3/c1-29(2)21-12-8-18(9-13-21)16-23(27-24(31)20-6-4-3-5-7-20)25(32)28-26-17-19-10-14-22(30)15-11-19/h3-17,30H,1-2H3,(H,27,31)(H,28,32)/b23-16?,26-17+. The Morgan fingerprint density at radius 2 is 1.50 bits per heavy atom. The third kappa shape index (κ3) is 6.30. The summed E-state index contributed by atoms with van der Waals surface area (Å²) in [5, 5.41) is 16.0. The molecule has 0 aliphatic rings. The highest BCUT2D eigenvalue weighted by molar-refractivity contribution is 6.05. The normalized spacial score (nSPS) is 11.2. The van der Waals surface area contributed by atoms with Gasteiger partial charge in [0.2, 0.25) is 0 Å². The molecule has 3 aromatic carbocycles. The Kier molecular flexibility index (Phi) is 7.37. The van der Waals surface area contributed by atoms with Gasteiger partial charge in [-0.05, 0) is 65.7 Å². The maximum atomic E-state index is 12.8. The number of amides is 2. The van der Waals surface area contributed by atoms with Crippen molar-refractivity contribution in [1.82, 2.24) is 10.7 Å². The van der Waals surface area contributed by atoms with Crippen molar-refractivity contribution in [3.63, 3.8) is 0 Å². The first-order valence-electron chi connectivity index (χ1n) is 9.90. The van der Waals surface area contributed by atoms with E-state index in [0.29, 0.717) is 11.1 Å². The number of phenolic OH excluding ortho intramolecular Hbond substituents is 1. The van der Waals surface area contributed by atoms with Crippen LogP contribution >= 0.6 is 0 Å². The molecule has 0 saturated carbocycles. The van der Waals surface area contributed by atoms with Crippen LogP contribution in [0.3, 0.4) is 0 Å². The van der Waals surface area contributed by atoms with Gasteiger partial charge in [-0.3, -0.25) is 9.59 Å². The molecule has 0 aliphatic heterocycles. The first kappa shape index (κ1) is 22.3. The van der Waals surface area contributed by atoms with Crippen molar-refractivity contribution in [3.05, 3.63) is 101 Å². The van der Waals surface area contributed by atoms with Gasteiger partial charge in [0.25, 0.3) is 11.8 Å². The van der Waals surface area contributed by atoms with Gasteiger partial charge in [-0.25, -0.2) is 5.43 Å². The summed E-state index contributed by atoms with van der Waals surface area (Å²) in [6.45, 7) is 0. The van der Waals surface area contributed by atoms with Crippen LogP contribution in [0.4, 0.5) is 5.69 Å². The van der Waals surface area contributed by atoms with Crippen LogP contribution in [-0.4, -0.2) is 37.2 Å². The van der Waals surface area contributed by atoms with Crippen LogP contribution in [0.25, 0.3) is 6.08 Å². The number of nitrogens with one attached hydrogen (secondary N) is 2. The molecule has 0 atom stereocenters.